The highest BCUT2D eigenvalue weighted by atomic mass is 35.5. The number of alkyl halides is 1. The van der Waals surface area contributed by atoms with E-state index in [0.29, 0.717) is 30.9 Å². The average molecular weight is 288 g/mol. The lowest BCUT2D eigenvalue weighted by atomic mass is 9.77. The van der Waals surface area contributed by atoms with E-state index in [1.165, 1.54) is 12.8 Å². The van der Waals surface area contributed by atoms with Crippen molar-refractivity contribution in [1.82, 2.24) is 4.90 Å². The molecular formula is C15H26ClNO2. The fraction of sp³-hybridized carbons (Fsp3) is 0.933. The van der Waals surface area contributed by atoms with Gasteiger partial charge in [0, 0.05) is 18.5 Å². The maximum atomic E-state index is 12.9. The van der Waals surface area contributed by atoms with E-state index in [-0.39, 0.29) is 11.5 Å². The fourth-order valence-corrected chi connectivity index (χ4v) is 3.86. The van der Waals surface area contributed by atoms with Crippen LogP contribution in [-0.4, -0.2) is 42.5 Å². The minimum absolute atomic E-state index is 0.0110. The van der Waals surface area contributed by atoms with Crippen LogP contribution in [0.2, 0.25) is 0 Å². The van der Waals surface area contributed by atoms with Gasteiger partial charge >= 0.3 is 0 Å². The summed E-state index contributed by atoms with van der Waals surface area (Å²) in [7, 11) is 0. The number of hydrogen-bond acceptors (Lipinski definition) is 2. The first kappa shape index (κ1) is 15.1. The Morgan fingerprint density at radius 3 is 2.68 bits per heavy atom. The SMILES string of the molecule is CC(C)CC1(C(=O)N2CCOC(CCl)C2)CCCC1. The van der Waals surface area contributed by atoms with Crippen LogP contribution in [0.4, 0.5) is 0 Å². The van der Waals surface area contributed by atoms with Crippen molar-refractivity contribution in [3.63, 3.8) is 0 Å². The van der Waals surface area contributed by atoms with Gasteiger partial charge in [0.25, 0.3) is 0 Å². The first-order valence-corrected chi connectivity index (χ1v) is 8.08. The summed E-state index contributed by atoms with van der Waals surface area (Å²) in [5.74, 6) is 1.41. The smallest absolute Gasteiger partial charge is 0.228 e. The third-order valence-corrected chi connectivity index (χ3v) is 4.76. The van der Waals surface area contributed by atoms with Gasteiger partial charge in [-0.3, -0.25) is 4.79 Å². The number of halogens is 1. The van der Waals surface area contributed by atoms with Gasteiger partial charge in [0.1, 0.15) is 0 Å². The number of hydrogen-bond donors (Lipinski definition) is 0. The molecule has 1 saturated heterocycles. The van der Waals surface area contributed by atoms with Crippen LogP contribution >= 0.6 is 11.6 Å². The lowest BCUT2D eigenvalue weighted by Crippen LogP contribution is -2.51. The van der Waals surface area contributed by atoms with E-state index in [9.17, 15) is 4.79 Å². The number of rotatable bonds is 4. The highest BCUT2D eigenvalue weighted by Gasteiger charge is 2.44. The van der Waals surface area contributed by atoms with Gasteiger partial charge in [-0.05, 0) is 25.2 Å². The first-order valence-electron chi connectivity index (χ1n) is 7.54. The van der Waals surface area contributed by atoms with Crippen molar-refractivity contribution in [3.05, 3.63) is 0 Å². The lowest BCUT2D eigenvalue weighted by Gasteiger charge is -2.39. The molecule has 0 spiro atoms. The minimum Gasteiger partial charge on any atom is -0.373 e. The Balaban J connectivity index is 2.06. The molecule has 3 nitrogen and oxygen atoms in total. The second-order valence-electron chi connectivity index (χ2n) is 6.48. The third kappa shape index (κ3) is 3.43. The molecule has 4 heteroatoms. The molecule has 2 aliphatic rings. The second-order valence-corrected chi connectivity index (χ2v) is 6.79. The quantitative estimate of drug-likeness (QED) is 0.744. The Morgan fingerprint density at radius 2 is 2.11 bits per heavy atom. The van der Waals surface area contributed by atoms with Gasteiger partial charge in [-0.1, -0.05) is 26.7 Å². The monoisotopic (exact) mass is 287 g/mol. The van der Waals surface area contributed by atoms with Crippen LogP contribution in [0.1, 0.15) is 46.0 Å². The van der Waals surface area contributed by atoms with E-state index in [0.717, 1.165) is 25.8 Å². The molecular weight excluding hydrogens is 262 g/mol. The third-order valence-electron chi connectivity index (χ3n) is 4.41. The summed E-state index contributed by atoms with van der Waals surface area (Å²) in [6.45, 7) is 6.46. The van der Waals surface area contributed by atoms with Gasteiger partial charge in [0.15, 0.2) is 0 Å². The van der Waals surface area contributed by atoms with Gasteiger partial charge in [-0.2, -0.15) is 0 Å². The molecule has 0 radical (unpaired) electrons. The zero-order valence-electron chi connectivity index (χ0n) is 12.2. The predicted octanol–water partition coefficient (Wildman–Crippen LogP) is 3.06. The summed E-state index contributed by atoms with van der Waals surface area (Å²) in [5.41, 5.74) is -0.0949. The minimum atomic E-state index is -0.0949. The van der Waals surface area contributed by atoms with E-state index in [1.807, 2.05) is 4.90 Å². The Hall–Kier alpha value is -0.280. The summed E-state index contributed by atoms with van der Waals surface area (Å²) in [4.78, 5) is 15.0. The normalized spacial score (nSPS) is 26.9. The number of ether oxygens (including phenoxy) is 1. The van der Waals surface area contributed by atoms with E-state index < -0.39 is 0 Å². The highest BCUT2D eigenvalue weighted by molar-refractivity contribution is 6.18. The van der Waals surface area contributed by atoms with Gasteiger partial charge in [-0.25, -0.2) is 0 Å². The van der Waals surface area contributed by atoms with Crippen molar-refractivity contribution >= 4 is 17.5 Å². The molecule has 2 fully saturated rings. The predicted molar refractivity (Wildman–Crippen MR) is 77.4 cm³/mol. The molecule has 0 N–H and O–H groups in total. The van der Waals surface area contributed by atoms with Crippen LogP contribution < -0.4 is 0 Å². The molecule has 1 unspecified atom stereocenters. The van der Waals surface area contributed by atoms with Crippen molar-refractivity contribution in [2.45, 2.75) is 52.1 Å². The molecule has 2 rings (SSSR count). The van der Waals surface area contributed by atoms with E-state index in [4.69, 9.17) is 16.3 Å². The zero-order chi connectivity index (χ0) is 13.9. The maximum absolute atomic E-state index is 12.9. The second kappa shape index (κ2) is 6.45. The molecule has 110 valence electrons. The largest absolute Gasteiger partial charge is 0.373 e. The number of amides is 1. The molecule has 1 aliphatic heterocycles. The summed E-state index contributed by atoms with van der Waals surface area (Å²) in [6.07, 6.45) is 5.55. The van der Waals surface area contributed by atoms with Gasteiger partial charge < -0.3 is 9.64 Å². The van der Waals surface area contributed by atoms with E-state index in [2.05, 4.69) is 13.8 Å². The molecule has 0 aromatic carbocycles. The number of nitrogens with zero attached hydrogens (tertiary/aromatic N) is 1. The summed E-state index contributed by atoms with van der Waals surface area (Å²) in [6, 6.07) is 0. The zero-order valence-corrected chi connectivity index (χ0v) is 12.9. The molecule has 19 heavy (non-hydrogen) atoms. The van der Waals surface area contributed by atoms with Crippen LogP contribution in [0.5, 0.6) is 0 Å². The maximum Gasteiger partial charge on any atom is 0.228 e. The van der Waals surface area contributed by atoms with E-state index in [1.54, 1.807) is 0 Å². The Kier molecular flexibility index (Phi) is 5.13. The Morgan fingerprint density at radius 1 is 1.42 bits per heavy atom. The van der Waals surface area contributed by atoms with Crippen LogP contribution in [0.25, 0.3) is 0 Å². The number of carbonyl (C=O) groups is 1. The summed E-state index contributed by atoms with van der Waals surface area (Å²) >= 11 is 5.87. The Labute approximate surface area is 121 Å². The van der Waals surface area contributed by atoms with Gasteiger partial charge in [0.2, 0.25) is 5.91 Å². The first-order chi connectivity index (χ1) is 9.07. The molecule has 1 atom stereocenters. The van der Waals surface area contributed by atoms with Crippen molar-refractivity contribution < 1.29 is 9.53 Å². The lowest BCUT2D eigenvalue weighted by molar-refractivity contribution is -0.149. The molecule has 0 aromatic heterocycles. The summed E-state index contributed by atoms with van der Waals surface area (Å²) in [5, 5.41) is 0. The molecule has 1 heterocycles. The molecule has 0 aromatic rings. The average Bonchev–Trinajstić information content (AvgIpc) is 2.86. The van der Waals surface area contributed by atoms with Gasteiger partial charge in [0.05, 0.1) is 18.6 Å². The fourth-order valence-electron chi connectivity index (χ4n) is 3.67. The van der Waals surface area contributed by atoms with Crippen molar-refractivity contribution in [2.75, 3.05) is 25.6 Å². The van der Waals surface area contributed by atoms with Crippen LogP contribution in [-0.2, 0) is 9.53 Å². The van der Waals surface area contributed by atoms with Crippen molar-refractivity contribution in [3.8, 4) is 0 Å². The van der Waals surface area contributed by atoms with Crippen molar-refractivity contribution in [2.24, 2.45) is 11.3 Å². The van der Waals surface area contributed by atoms with E-state index >= 15 is 0 Å². The Bertz CT molecular complexity index is 313. The molecule has 1 amide bonds. The number of carbonyl (C=O) groups excluding carboxylic acids is 1. The van der Waals surface area contributed by atoms with Crippen LogP contribution in [0, 0.1) is 11.3 Å². The molecule has 1 aliphatic carbocycles. The standard InChI is InChI=1S/C15H26ClNO2/c1-12(2)9-15(5-3-4-6-15)14(18)17-7-8-19-13(10-16)11-17/h12-13H,3-11H2,1-2H3. The van der Waals surface area contributed by atoms with Crippen molar-refractivity contribution in [1.29, 1.82) is 0 Å². The topological polar surface area (TPSA) is 29.5 Å². The molecule has 1 saturated carbocycles. The summed E-state index contributed by atoms with van der Waals surface area (Å²) < 4.78 is 5.56. The number of morpholine rings is 1. The molecule has 0 bridgehead atoms. The van der Waals surface area contributed by atoms with Gasteiger partial charge in [-0.15, -0.1) is 11.6 Å². The van der Waals surface area contributed by atoms with Crippen LogP contribution in [0.3, 0.4) is 0 Å². The van der Waals surface area contributed by atoms with Crippen LogP contribution in [0.15, 0.2) is 0 Å². The highest BCUT2D eigenvalue weighted by Crippen LogP contribution is 2.44.